The van der Waals surface area contributed by atoms with E-state index in [1.165, 1.54) is 4.90 Å². The summed E-state index contributed by atoms with van der Waals surface area (Å²) in [5, 5.41) is 17.6. The lowest BCUT2D eigenvalue weighted by molar-refractivity contribution is -0.142. The lowest BCUT2D eigenvalue weighted by Crippen LogP contribution is -2.34. The fraction of sp³-hybridized carbons (Fsp3) is 0.385. The van der Waals surface area contributed by atoms with Crippen molar-refractivity contribution in [2.24, 2.45) is 0 Å². The summed E-state index contributed by atoms with van der Waals surface area (Å²) in [6.07, 6.45) is 0. The highest BCUT2D eigenvalue weighted by Crippen LogP contribution is 2.15. The highest BCUT2D eigenvalue weighted by Gasteiger charge is 2.15. The number of nitrogens with zero attached hydrogens (tertiary/aromatic N) is 1. The molecular formula is C13H17NO4. The van der Waals surface area contributed by atoms with Crippen molar-refractivity contribution >= 4 is 11.9 Å². The van der Waals surface area contributed by atoms with Crippen LogP contribution in [0.5, 0.6) is 0 Å². The van der Waals surface area contributed by atoms with Crippen molar-refractivity contribution in [1.29, 1.82) is 0 Å². The first-order chi connectivity index (χ1) is 8.40. The SMILES string of the molecule is Cc1cccc(C)c1CN(CC(=O)O)CC(=O)O. The van der Waals surface area contributed by atoms with E-state index in [2.05, 4.69) is 0 Å². The first-order valence-corrected chi connectivity index (χ1v) is 5.61. The highest BCUT2D eigenvalue weighted by atomic mass is 16.4. The van der Waals surface area contributed by atoms with E-state index in [9.17, 15) is 9.59 Å². The van der Waals surface area contributed by atoms with Crippen LogP contribution in [0.3, 0.4) is 0 Å². The Morgan fingerprint density at radius 1 is 1.06 bits per heavy atom. The average Bonchev–Trinajstić information content (AvgIpc) is 2.21. The minimum atomic E-state index is -1.03. The Labute approximate surface area is 106 Å². The molecule has 0 heterocycles. The summed E-state index contributed by atoms with van der Waals surface area (Å²) in [7, 11) is 0. The Bertz CT molecular complexity index is 420. The highest BCUT2D eigenvalue weighted by molar-refractivity contribution is 5.72. The number of aliphatic carboxylic acids is 2. The van der Waals surface area contributed by atoms with Gasteiger partial charge < -0.3 is 10.2 Å². The Morgan fingerprint density at radius 2 is 1.50 bits per heavy atom. The van der Waals surface area contributed by atoms with Crippen LogP contribution >= 0.6 is 0 Å². The summed E-state index contributed by atoms with van der Waals surface area (Å²) < 4.78 is 0. The zero-order chi connectivity index (χ0) is 13.7. The van der Waals surface area contributed by atoms with Gasteiger partial charge in [0.1, 0.15) is 0 Å². The smallest absolute Gasteiger partial charge is 0.317 e. The van der Waals surface area contributed by atoms with E-state index in [4.69, 9.17) is 10.2 Å². The maximum atomic E-state index is 10.7. The van der Waals surface area contributed by atoms with Crippen LogP contribution in [0.4, 0.5) is 0 Å². The Kier molecular flexibility index (Phi) is 4.85. The number of hydrogen-bond acceptors (Lipinski definition) is 3. The van der Waals surface area contributed by atoms with Crippen molar-refractivity contribution < 1.29 is 19.8 Å². The first kappa shape index (κ1) is 14.2. The van der Waals surface area contributed by atoms with Crippen molar-refractivity contribution in [1.82, 2.24) is 4.90 Å². The van der Waals surface area contributed by atoms with Gasteiger partial charge in [0.05, 0.1) is 13.1 Å². The number of benzene rings is 1. The number of carbonyl (C=O) groups is 2. The molecule has 0 saturated heterocycles. The number of rotatable bonds is 6. The second kappa shape index (κ2) is 6.16. The van der Waals surface area contributed by atoms with E-state index >= 15 is 0 Å². The van der Waals surface area contributed by atoms with Crippen molar-refractivity contribution in [2.75, 3.05) is 13.1 Å². The van der Waals surface area contributed by atoms with E-state index in [1.54, 1.807) is 0 Å². The van der Waals surface area contributed by atoms with Gasteiger partial charge in [0, 0.05) is 6.54 Å². The maximum Gasteiger partial charge on any atom is 0.317 e. The zero-order valence-electron chi connectivity index (χ0n) is 10.5. The van der Waals surface area contributed by atoms with Crippen molar-refractivity contribution in [3.8, 4) is 0 Å². The average molecular weight is 251 g/mol. The quantitative estimate of drug-likeness (QED) is 0.796. The Hall–Kier alpha value is -1.88. The molecule has 0 unspecified atom stereocenters. The molecule has 0 fully saturated rings. The summed E-state index contributed by atoms with van der Waals surface area (Å²) in [6.45, 7) is 3.64. The molecule has 0 saturated carbocycles. The fourth-order valence-electron chi connectivity index (χ4n) is 1.87. The van der Waals surface area contributed by atoms with Crippen LogP contribution in [0.1, 0.15) is 16.7 Å². The zero-order valence-corrected chi connectivity index (χ0v) is 10.5. The van der Waals surface area contributed by atoms with Gasteiger partial charge >= 0.3 is 11.9 Å². The van der Waals surface area contributed by atoms with E-state index in [0.29, 0.717) is 6.54 Å². The molecule has 98 valence electrons. The fourth-order valence-corrected chi connectivity index (χ4v) is 1.87. The number of hydrogen-bond donors (Lipinski definition) is 2. The molecule has 0 spiro atoms. The molecule has 5 nitrogen and oxygen atoms in total. The summed E-state index contributed by atoms with van der Waals surface area (Å²) >= 11 is 0. The number of carboxylic acids is 2. The molecule has 2 N–H and O–H groups in total. The van der Waals surface area contributed by atoms with Gasteiger partial charge in [-0.3, -0.25) is 14.5 Å². The van der Waals surface area contributed by atoms with Crippen LogP contribution in [0.15, 0.2) is 18.2 Å². The third-order valence-corrected chi connectivity index (χ3v) is 2.74. The normalized spacial score (nSPS) is 10.6. The summed E-state index contributed by atoms with van der Waals surface area (Å²) in [5.41, 5.74) is 3.06. The molecule has 0 atom stereocenters. The van der Waals surface area contributed by atoms with Gasteiger partial charge in [0.15, 0.2) is 0 Å². The molecule has 1 aromatic rings. The van der Waals surface area contributed by atoms with Crippen LogP contribution in [-0.2, 0) is 16.1 Å². The van der Waals surface area contributed by atoms with Crippen molar-refractivity contribution in [3.63, 3.8) is 0 Å². The van der Waals surface area contributed by atoms with Crippen molar-refractivity contribution in [3.05, 3.63) is 34.9 Å². The lowest BCUT2D eigenvalue weighted by Gasteiger charge is -2.20. The molecule has 0 amide bonds. The van der Waals surface area contributed by atoms with Crippen LogP contribution in [-0.4, -0.2) is 40.1 Å². The van der Waals surface area contributed by atoms with Gasteiger partial charge in [-0.05, 0) is 30.5 Å². The molecular weight excluding hydrogens is 234 g/mol. The van der Waals surface area contributed by atoms with Crippen LogP contribution in [0, 0.1) is 13.8 Å². The third-order valence-electron chi connectivity index (χ3n) is 2.74. The largest absolute Gasteiger partial charge is 0.480 e. The molecule has 0 aliphatic rings. The monoisotopic (exact) mass is 251 g/mol. The number of aryl methyl sites for hydroxylation is 2. The minimum absolute atomic E-state index is 0.278. The second-order valence-electron chi connectivity index (χ2n) is 4.30. The molecule has 0 aromatic heterocycles. The molecule has 0 aliphatic heterocycles. The minimum Gasteiger partial charge on any atom is -0.480 e. The lowest BCUT2D eigenvalue weighted by atomic mass is 10.0. The van der Waals surface area contributed by atoms with E-state index in [0.717, 1.165) is 16.7 Å². The number of carboxylic acid groups (broad SMARTS) is 2. The topological polar surface area (TPSA) is 77.8 Å². The molecule has 0 bridgehead atoms. The predicted octanol–water partition coefficient (Wildman–Crippen LogP) is 1.27. The summed E-state index contributed by atoms with van der Waals surface area (Å²) in [5.74, 6) is -2.05. The molecule has 1 aromatic carbocycles. The van der Waals surface area contributed by atoms with E-state index < -0.39 is 11.9 Å². The summed E-state index contributed by atoms with van der Waals surface area (Å²) in [6, 6.07) is 5.79. The third kappa shape index (κ3) is 4.18. The second-order valence-corrected chi connectivity index (χ2v) is 4.30. The van der Waals surface area contributed by atoms with Crippen LogP contribution < -0.4 is 0 Å². The molecule has 0 radical (unpaired) electrons. The van der Waals surface area contributed by atoms with Gasteiger partial charge in [0.2, 0.25) is 0 Å². The molecule has 18 heavy (non-hydrogen) atoms. The van der Waals surface area contributed by atoms with E-state index in [1.807, 2.05) is 32.0 Å². The van der Waals surface area contributed by atoms with Gasteiger partial charge in [0.25, 0.3) is 0 Å². The molecule has 5 heteroatoms. The molecule has 0 aliphatic carbocycles. The Balaban J connectivity index is 2.88. The van der Waals surface area contributed by atoms with Gasteiger partial charge in [-0.1, -0.05) is 18.2 Å². The van der Waals surface area contributed by atoms with E-state index in [-0.39, 0.29) is 13.1 Å². The van der Waals surface area contributed by atoms with Gasteiger partial charge in [-0.25, -0.2) is 0 Å². The standard InChI is InChI=1S/C13H17NO4/c1-9-4-3-5-10(2)11(9)6-14(7-12(15)16)8-13(17)18/h3-5H,6-8H2,1-2H3,(H,15,16)(H,17,18). The maximum absolute atomic E-state index is 10.7. The van der Waals surface area contributed by atoms with Crippen LogP contribution in [0.25, 0.3) is 0 Å². The van der Waals surface area contributed by atoms with Gasteiger partial charge in [-0.2, -0.15) is 0 Å². The summed E-state index contributed by atoms with van der Waals surface area (Å²) in [4.78, 5) is 22.8. The van der Waals surface area contributed by atoms with Crippen molar-refractivity contribution in [2.45, 2.75) is 20.4 Å². The molecule has 1 rings (SSSR count). The first-order valence-electron chi connectivity index (χ1n) is 5.61. The Morgan fingerprint density at radius 3 is 1.89 bits per heavy atom. The predicted molar refractivity (Wildman–Crippen MR) is 66.5 cm³/mol. The van der Waals surface area contributed by atoms with Crippen LogP contribution in [0.2, 0.25) is 0 Å². The van der Waals surface area contributed by atoms with Gasteiger partial charge in [-0.15, -0.1) is 0 Å².